The molecule has 4 aromatic rings. The molecular weight excluding hydrogens is 364 g/mol. The minimum absolute atomic E-state index is 0.201. The Morgan fingerprint density at radius 2 is 1.66 bits per heavy atom. The number of para-hydroxylation sites is 1. The molecule has 3 aromatic carbocycles. The van der Waals surface area contributed by atoms with Crippen molar-refractivity contribution in [3.8, 4) is 22.6 Å². The number of ether oxygens (including phenoxy) is 2. The number of benzene rings is 3. The van der Waals surface area contributed by atoms with Gasteiger partial charge in [-0.25, -0.2) is 0 Å². The van der Waals surface area contributed by atoms with Gasteiger partial charge in [-0.3, -0.25) is 9.78 Å². The maximum atomic E-state index is 12.8. The van der Waals surface area contributed by atoms with E-state index in [0.29, 0.717) is 22.7 Å². The van der Waals surface area contributed by atoms with E-state index in [4.69, 9.17) is 9.47 Å². The molecule has 5 nitrogen and oxygen atoms in total. The molecule has 0 radical (unpaired) electrons. The lowest BCUT2D eigenvalue weighted by atomic mass is 10.0. The highest BCUT2D eigenvalue weighted by atomic mass is 16.5. The molecule has 0 bridgehead atoms. The predicted octanol–water partition coefficient (Wildman–Crippen LogP) is 5.17. The van der Waals surface area contributed by atoms with Gasteiger partial charge in [0.25, 0.3) is 5.91 Å². The van der Waals surface area contributed by atoms with Crippen molar-refractivity contribution in [1.82, 2.24) is 4.98 Å². The van der Waals surface area contributed by atoms with Crippen molar-refractivity contribution in [2.45, 2.75) is 0 Å². The third-order valence-electron chi connectivity index (χ3n) is 4.69. The van der Waals surface area contributed by atoms with Gasteiger partial charge in [0.1, 0.15) is 0 Å². The molecule has 1 N–H and O–H groups in total. The summed E-state index contributed by atoms with van der Waals surface area (Å²) in [6.07, 6.45) is 1.83. The Bertz CT molecular complexity index is 1190. The van der Waals surface area contributed by atoms with Gasteiger partial charge in [0, 0.05) is 34.5 Å². The van der Waals surface area contributed by atoms with E-state index in [0.717, 1.165) is 22.0 Å². The van der Waals surface area contributed by atoms with E-state index >= 15 is 0 Å². The molecule has 1 heterocycles. The van der Waals surface area contributed by atoms with Crippen molar-refractivity contribution < 1.29 is 14.3 Å². The van der Waals surface area contributed by atoms with Crippen LogP contribution in [0, 0.1) is 0 Å². The SMILES string of the molecule is COc1ccc(NC(=O)c2cccc(-c3cnc4ccccc4c3)c2)cc1OC. The van der Waals surface area contributed by atoms with E-state index in [1.807, 2.05) is 48.7 Å². The summed E-state index contributed by atoms with van der Waals surface area (Å²) in [6, 6.07) is 22.8. The van der Waals surface area contributed by atoms with Gasteiger partial charge in [-0.05, 0) is 42.0 Å². The molecule has 144 valence electrons. The number of nitrogens with one attached hydrogen (secondary N) is 1. The molecule has 0 aliphatic carbocycles. The number of fused-ring (bicyclic) bond motifs is 1. The lowest BCUT2D eigenvalue weighted by Crippen LogP contribution is -2.12. The normalized spacial score (nSPS) is 10.6. The van der Waals surface area contributed by atoms with Crippen molar-refractivity contribution in [3.63, 3.8) is 0 Å². The Hall–Kier alpha value is -3.86. The van der Waals surface area contributed by atoms with Crippen LogP contribution in [0.5, 0.6) is 11.5 Å². The number of nitrogens with zero attached hydrogens (tertiary/aromatic N) is 1. The molecule has 5 heteroatoms. The summed E-state index contributed by atoms with van der Waals surface area (Å²) in [5.74, 6) is 0.963. The van der Waals surface area contributed by atoms with Crippen LogP contribution >= 0.6 is 0 Å². The first-order valence-corrected chi connectivity index (χ1v) is 9.16. The number of hydrogen-bond donors (Lipinski definition) is 1. The van der Waals surface area contributed by atoms with Gasteiger partial charge in [0.15, 0.2) is 11.5 Å². The summed E-state index contributed by atoms with van der Waals surface area (Å²) in [5, 5.41) is 3.96. The number of pyridine rings is 1. The monoisotopic (exact) mass is 384 g/mol. The number of rotatable bonds is 5. The van der Waals surface area contributed by atoms with Gasteiger partial charge in [0.05, 0.1) is 19.7 Å². The van der Waals surface area contributed by atoms with Gasteiger partial charge >= 0.3 is 0 Å². The number of carbonyl (C=O) groups excluding carboxylic acids is 1. The summed E-state index contributed by atoms with van der Waals surface area (Å²) >= 11 is 0. The first kappa shape index (κ1) is 18.5. The number of anilines is 1. The highest BCUT2D eigenvalue weighted by Gasteiger charge is 2.11. The lowest BCUT2D eigenvalue weighted by Gasteiger charge is -2.11. The highest BCUT2D eigenvalue weighted by Crippen LogP contribution is 2.30. The maximum absolute atomic E-state index is 12.8. The third-order valence-corrected chi connectivity index (χ3v) is 4.69. The molecule has 0 spiro atoms. The van der Waals surface area contributed by atoms with Crippen LogP contribution < -0.4 is 14.8 Å². The van der Waals surface area contributed by atoms with Crippen molar-refractivity contribution in [3.05, 3.63) is 84.6 Å². The lowest BCUT2D eigenvalue weighted by molar-refractivity contribution is 0.102. The number of methoxy groups -OCH3 is 2. The molecule has 29 heavy (non-hydrogen) atoms. The molecule has 4 rings (SSSR count). The first-order chi connectivity index (χ1) is 14.2. The van der Waals surface area contributed by atoms with E-state index in [1.54, 1.807) is 38.5 Å². The zero-order valence-corrected chi connectivity index (χ0v) is 16.2. The quantitative estimate of drug-likeness (QED) is 0.516. The summed E-state index contributed by atoms with van der Waals surface area (Å²) < 4.78 is 10.5. The summed E-state index contributed by atoms with van der Waals surface area (Å²) in [6.45, 7) is 0. The number of amides is 1. The Morgan fingerprint density at radius 3 is 2.48 bits per heavy atom. The fraction of sp³-hybridized carbons (Fsp3) is 0.0833. The summed E-state index contributed by atoms with van der Waals surface area (Å²) in [5.41, 5.74) is 4.03. The molecular formula is C24H20N2O3. The van der Waals surface area contributed by atoms with Crippen LogP contribution in [-0.2, 0) is 0 Å². The number of hydrogen-bond acceptors (Lipinski definition) is 4. The fourth-order valence-electron chi connectivity index (χ4n) is 3.19. The van der Waals surface area contributed by atoms with E-state index in [9.17, 15) is 4.79 Å². The van der Waals surface area contributed by atoms with Crippen molar-refractivity contribution in [2.24, 2.45) is 0 Å². The maximum Gasteiger partial charge on any atom is 0.255 e. The second-order valence-electron chi connectivity index (χ2n) is 6.52. The van der Waals surface area contributed by atoms with Crippen LogP contribution in [0.25, 0.3) is 22.0 Å². The summed E-state index contributed by atoms with van der Waals surface area (Å²) in [7, 11) is 3.13. The standard InChI is InChI=1S/C24H20N2O3/c1-28-22-11-10-20(14-23(22)29-2)26-24(27)18-8-5-7-16(12-18)19-13-17-6-3-4-9-21(17)25-15-19/h3-15H,1-2H3,(H,26,27). The van der Waals surface area contributed by atoms with E-state index < -0.39 is 0 Å². The van der Waals surface area contributed by atoms with E-state index in [2.05, 4.69) is 16.4 Å². The van der Waals surface area contributed by atoms with E-state index in [-0.39, 0.29) is 5.91 Å². The number of carbonyl (C=O) groups is 1. The fourth-order valence-corrected chi connectivity index (χ4v) is 3.19. The second-order valence-corrected chi connectivity index (χ2v) is 6.52. The van der Waals surface area contributed by atoms with Crippen LogP contribution in [0.2, 0.25) is 0 Å². The molecule has 1 amide bonds. The van der Waals surface area contributed by atoms with Crippen LogP contribution in [0.4, 0.5) is 5.69 Å². The van der Waals surface area contributed by atoms with Gasteiger partial charge in [-0.1, -0.05) is 30.3 Å². The van der Waals surface area contributed by atoms with Crippen molar-refractivity contribution in [1.29, 1.82) is 0 Å². The zero-order chi connectivity index (χ0) is 20.2. The predicted molar refractivity (Wildman–Crippen MR) is 115 cm³/mol. The molecule has 0 aliphatic rings. The minimum atomic E-state index is -0.201. The molecule has 0 atom stereocenters. The topological polar surface area (TPSA) is 60.5 Å². The Morgan fingerprint density at radius 1 is 0.828 bits per heavy atom. The summed E-state index contributed by atoms with van der Waals surface area (Å²) in [4.78, 5) is 17.3. The largest absolute Gasteiger partial charge is 0.493 e. The van der Waals surface area contributed by atoms with Gasteiger partial charge < -0.3 is 14.8 Å². The first-order valence-electron chi connectivity index (χ1n) is 9.16. The minimum Gasteiger partial charge on any atom is -0.493 e. The average Bonchev–Trinajstić information content (AvgIpc) is 2.78. The Balaban J connectivity index is 1.60. The smallest absolute Gasteiger partial charge is 0.255 e. The molecule has 0 fully saturated rings. The Kier molecular flexibility index (Phi) is 5.12. The van der Waals surface area contributed by atoms with Gasteiger partial charge in [-0.15, -0.1) is 0 Å². The van der Waals surface area contributed by atoms with Crippen LogP contribution in [0.1, 0.15) is 10.4 Å². The third kappa shape index (κ3) is 3.89. The van der Waals surface area contributed by atoms with Crippen molar-refractivity contribution in [2.75, 3.05) is 19.5 Å². The molecule has 0 unspecified atom stereocenters. The molecule has 1 aromatic heterocycles. The van der Waals surface area contributed by atoms with Crippen LogP contribution in [0.3, 0.4) is 0 Å². The van der Waals surface area contributed by atoms with Crippen molar-refractivity contribution >= 4 is 22.5 Å². The number of aromatic nitrogens is 1. The second kappa shape index (κ2) is 8.02. The molecule has 0 aliphatic heterocycles. The Labute approximate surface area is 168 Å². The van der Waals surface area contributed by atoms with Crippen LogP contribution in [-0.4, -0.2) is 25.1 Å². The highest BCUT2D eigenvalue weighted by molar-refractivity contribution is 6.05. The van der Waals surface area contributed by atoms with Crippen LogP contribution in [0.15, 0.2) is 79.0 Å². The van der Waals surface area contributed by atoms with Gasteiger partial charge in [0.2, 0.25) is 0 Å². The average molecular weight is 384 g/mol. The molecule has 0 saturated heterocycles. The molecule has 0 saturated carbocycles. The van der Waals surface area contributed by atoms with E-state index in [1.165, 1.54) is 0 Å². The van der Waals surface area contributed by atoms with Gasteiger partial charge in [-0.2, -0.15) is 0 Å². The zero-order valence-electron chi connectivity index (χ0n) is 16.2.